The van der Waals surface area contributed by atoms with E-state index in [1.165, 1.54) is 17.9 Å². The molecule has 0 fully saturated rings. The highest BCUT2D eigenvalue weighted by Crippen LogP contribution is 2.10. The topological polar surface area (TPSA) is 38.3 Å². The highest BCUT2D eigenvalue weighted by atomic mass is 16.5. The molecule has 1 aromatic carbocycles. The zero-order valence-corrected chi connectivity index (χ0v) is 9.69. The van der Waals surface area contributed by atoms with E-state index in [0.29, 0.717) is 6.61 Å². The first-order valence-electron chi connectivity index (χ1n) is 5.44. The molecular formula is C13H17NO2. The summed E-state index contributed by atoms with van der Waals surface area (Å²) in [6.45, 7) is 4.51. The molecule has 0 unspecified atom stereocenters. The van der Waals surface area contributed by atoms with Crippen LogP contribution in [0.5, 0.6) is 0 Å². The van der Waals surface area contributed by atoms with Gasteiger partial charge in [-0.3, -0.25) is 4.79 Å². The van der Waals surface area contributed by atoms with Crippen LogP contribution in [0.3, 0.4) is 0 Å². The lowest BCUT2D eigenvalue weighted by atomic mass is 10.1. The van der Waals surface area contributed by atoms with Crippen LogP contribution in [0.25, 0.3) is 0 Å². The highest BCUT2D eigenvalue weighted by molar-refractivity contribution is 5.99. The Balaban J connectivity index is 2.55. The molecule has 0 spiro atoms. The summed E-state index contributed by atoms with van der Waals surface area (Å²) in [7, 11) is 0. The van der Waals surface area contributed by atoms with Crippen molar-refractivity contribution in [1.29, 1.82) is 0 Å². The molecule has 1 amide bonds. The van der Waals surface area contributed by atoms with Gasteiger partial charge >= 0.3 is 0 Å². The number of anilines is 1. The lowest BCUT2D eigenvalue weighted by molar-refractivity contribution is -0.112. The van der Waals surface area contributed by atoms with Crippen LogP contribution in [0.1, 0.15) is 19.4 Å². The number of ether oxygens (including phenoxy) is 1. The molecule has 0 saturated heterocycles. The minimum Gasteiger partial charge on any atom is -0.501 e. The zero-order chi connectivity index (χ0) is 11.8. The summed E-state index contributed by atoms with van der Waals surface area (Å²) in [6.07, 6.45) is 3.74. The van der Waals surface area contributed by atoms with Crippen molar-refractivity contribution in [3.63, 3.8) is 0 Å². The molecule has 0 radical (unpaired) electrons. The monoisotopic (exact) mass is 219 g/mol. The van der Waals surface area contributed by atoms with Crippen LogP contribution in [0.2, 0.25) is 0 Å². The lowest BCUT2D eigenvalue weighted by Gasteiger charge is -2.03. The van der Waals surface area contributed by atoms with E-state index in [0.717, 1.165) is 12.1 Å². The number of benzene rings is 1. The van der Waals surface area contributed by atoms with Gasteiger partial charge in [0.2, 0.25) is 0 Å². The molecule has 0 bridgehead atoms. The van der Waals surface area contributed by atoms with Gasteiger partial charge in [0, 0.05) is 11.8 Å². The van der Waals surface area contributed by atoms with E-state index in [-0.39, 0.29) is 5.91 Å². The maximum absolute atomic E-state index is 11.4. The van der Waals surface area contributed by atoms with Crippen molar-refractivity contribution < 1.29 is 9.53 Å². The molecule has 0 aliphatic carbocycles. The second kappa shape index (κ2) is 6.67. The van der Waals surface area contributed by atoms with E-state index in [1.54, 1.807) is 0 Å². The van der Waals surface area contributed by atoms with Gasteiger partial charge < -0.3 is 10.1 Å². The SMILES string of the molecule is CCOC=CC(=O)Nc1cccc(CC)c1. The van der Waals surface area contributed by atoms with Gasteiger partial charge in [0.1, 0.15) is 0 Å². The van der Waals surface area contributed by atoms with Gasteiger partial charge in [0.05, 0.1) is 12.9 Å². The van der Waals surface area contributed by atoms with Crippen LogP contribution in [-0.2, 0) is 16.0 Å². The summed E-state index contributed by atoms with van der Waals surface area (Å²) >= 11 is 0. The molecule has 1 aromatic rings. The fraction of sp³-hybridized carbons (Fsp3) is 0.308. The van der Waals surface area contributed by atoms with E-state index in [9.17, 15) is 4.79 Å². The Morgan fingerprint density at radius 1 is 1.44 bits per heavy atom. The summed E-state index contributed by atoms with van der Waals surface area (Å²) in [5, 5.41) is 2.77. The van der Waals surface area contributed by atoms with Gasteiger partial charge in [-0.25, -0.2) is 0 Å². The minimum atomic E-state index is -0.179. The molecule has 0 aliphatic heterocycles. The predicted molar refractivity (Wildman–Crippen MR) is 65.2 cm³/mol. The van der Waals surface area contributed by atoms with Gasteiger partial charge in [-0.2, -0.15) is 0 Å². The van der Waals surface area contributed by atoms with E-state index in [4.69, 9.17) is 4.74 Å². The van der Waals surface area contributed by atoms with Gasteiger partial charge in [-0.05, 0) is 31.0 Å². The number of rotatable bonds is 5. The van der Waals surface area contributed by atoms with Crippen molar-refractivity contribution in [2.24, 2.45) is 0 Å². The molecule has 16 heavy (non-hydrogen) atoms. The fourth-order valence-electron chi connectivity index (χ4n) is 1.26. The molecule has 0 aliphatic rings. The van der Waals surface area contributed by atoms with Gasteiger partial charge in [0.15, 0.2) is 0 Å². The maximum Gasteiger partial charge on any atom is 0.251 e. The number of hydrogen-bond donors (Lipinski definition) is 1. The molecule has 3 heteroatoms. The Morgan fingerprint density at radius 3 is 2.94 bits per heavy atom. The quantitative estimate of drug-likeness (QED) is 0.611. The Labute approximate surface area is 96.1 Å². The van der Waals surface area contributed by atoms with Crippen molar-refractivity contribution >= 4 is 11.6 Å². The van der Waals surface area contributed by atoms with E-state index >= 15 is 0 Å². The largest absolute Gasteiger partial charge is 0.501 e. The highest BCUT2D eigenvalue weighted by Gasteiger charge is 1.98. The number of aryl methyl sites for hydroxylation is 1. The second-order valence-electron chi connectivity index (χ2n) is 3.30. The normalized spacial score (nSPS) is 10.4. The Morgan fingerprint density at radius 2 is 2.25 bits per heavy atom. The third-order valence-electron chi connectivity index (χ3n) is 2.09. The van der Waals surface area contributed by atoms with Crippen LogP contribution in [0.4, 0.5) is 5.69 Å². The molecular weight excluding hydrogens is 202 g/mol. The zero-order valence-electron chi connectivity index (χ0n) is 9.69. The lowest BCUT2D eigenvalue weighted by Crippen LogP contribution is -2.08. The van der Waals surface area contributed by atoms with Crippen LogP contribution in [-0.4, -0.2) is 12.5 Å². The minimum absolute atomic E-state index is 0.179. The van der Waals surface area contributed by atoms with Crippen molar-refractivity contribution in [3.8, 4) is 0 Å². The number of hydrogen-bond acceptors (Lipinski definition) is 2. The number of carbonyl (C=O) groups excluding carboxylic acids is 1. The molecule has 0 atom stereocenters. The molecule has 0 saturated carbocycles. The molecule has 3 nitrogen and oxygen atoms in total. The summed E-state index contributed by atoms with van der Waals surface area (Å²) < 4.78 is 4.95. The molecule has 1 N–H and O–H groups in total. The summed E-state index contributed by atoms with van der Waals surface area (Å²) in [6, 6.07) is 7.80. The molecule has 0 aromatic heterocycles. The molecule has 1 rings (SSSR count). The Hall–Kier alpha value is -1.77. The average Bonchev–Trinajstić information content (AvgIpc) is 2.29. The van der Waals surface area contributed by atoms with E-state index in [2.05, 4.69) is 12.2 Å². The molecule has 86 valence electrons. The summed E-state index contributed by atoms with van der Waals surface area (Å²) in [4.78, 5) is 11.4. The standard InChI is InChI=1S/C13H17NO2/c1-3-11-6-5-7-12(10-11)14-13(15)8-9-16-4-2/h5-10H,3-4H2,1-2H3,(H,14,15). The average molecular weight is 219 g/mol. The van der Waals surface area contributed by atoms with Crippen molar-refractivity contribution in [3.05, 3.63) is 42.2 Å². The first-order valence-corrected chi connectivity index (χ1v) is 5.44. The van der Waals surface area contributed by atoms with Crippen LogP contribution < -0.4 is 5.32 Å². The van der Waals surface area contributed by atoms with Crippen molar-refractivity contribution in [2.75, 3.05) is 11.9 Å². The fourth-order valence-corrected chi connectivity index (χ4v) is 1.26. The Bertz CT molecular complexity index is 372. The van der Waals surface area contributed by atoms with Crippen molar-refractivity contribution in [2.45, 2.75) is 20.3 Å². The van der Waals surface area contributed by atoms with Crippen molar-refractivity contribution in [1.82, 2.24) is 0 Å². The van der Waals surface area contributed by atoms with Gasteiger partial charge in [-0.1, -0.05) is 19.1 Å². The maximum atomic E-state index is 11.4. The van der Waals surface area contributed by atoms with Crippen LogP contribution in [0, 0.1) is 0 Å². The Kier molecular flexibility index (Phi) is 5.12. The smallest absolute Gasteiger partial charge is 0.251 e. The first-order chi connectivity index (χ1) is 7.76. The van der Waals surface area contributed by atoms with Gasteiger partial charge in [-0.15, -0.1) is 0 Å². The summed E-state index contributed by atoms with van der Waals surface area (Å²) in [5.74, 6) is -0.179. The van der Waals surface area contributed by atoms with E-state index in [1.807, 2.05) is 31.2 Å². The predicted octanol–water partition coefficient (Wildman–Crippen LogP) is 2.74. The second-order valence-corrected chi connectivity index (χ2v) is 3.30. The number of nitrogens with one attached hydrogen (secondary N) is 1. The number of carbonyl (C=O) groups is 1. The summed E-state index contributed by atoms with van der Waals surface area (Å²) in [5.41, 5.74) is 2.01. The first kappa shape index (κ1) is 12.3. The third kappa shape index (κ3) is 4.17. The molecule has 0 heterocycles. The van der Waals surface area contributed by atoms with E-state index < -0.39 is 0 Å². The number of amides is 1. The van der Waals surface area contributed by atoms with Gasteiger partial charge in [0.25, 0.3) is 5.91 Å². The van der Waals surface area contributed by atoms with Crippen LogP contribution in [0.15, 0.2) is 36.6 Å². The third-order valence-corrected chi connectivity index (χ3v) is 2.09. The van der Waals surface area contributed by atoms with Crippen LogP contribution >= 0.6 is 0 Å².